The number of rotatable bonds is 6. The predicted molar refractivity (Wildman–Crippen MR) is 122 cm³/mol. The number of ether oxygens (including phenoxy) is 1. The van der Waals surface area contributed by atoms with Gasteiger partial charge in [0.1, 0.15) is 23.3 Å². The summed E-state index contributed by atoms with van der Waals surface area (Å²) in [4.78, 5) is 38.7. The van der Waals surface area contributed by atoms with Gasteiger partial charge in [0.05, 0.1) is 30.1 Å². The van der Waals surface area contributed by atoms with Crippen LogP contribution in [0.25, 0.3) is 5.76 Å². The third-order valence-electron chi connectivity index (χ3n) is 5.78. The molecule has 2 heterocycles. The van der Waals surface area contributed by atoms with Gasteiger partial charge in [-0.15, -0.1) is 0 Å². The number of aliphatic hydroxyl groups excluding tert-OH is 1. The average Bonchev–Trinajstić information content (AvgIpc) is 3.41. The molecule has 2 aromatic carbocycles. The van der Waals surface area contributed by atoms with E-state index in [2.05, 4.69) is 0 Å². The van der Waals surface area contributed by atoms with E-state index in [1.165, 1.54) is 30.4 Å². The number of likely N-dealkylation sites (tertiary alicyclic amines) is 1. The zero-order valence-corrected chi connectivity index (χ0v) is 18.9. The van der Waals surface area contributed by atoms with E-state index in [4.69, 9.17) is 14.3 Å². The number of methoxy groups -OCH3 is 1. The van der Waals surface area contributed by atoms with Gasteiger partial charge < -0.3 is 24.3 Å². The standard InChI is InChI=1S/C26H23NO7/c1-14-11-15(2)24(33-3)18(12-14)22(28)20-21(19-5-4-10-34-19)27(25(30)23(20)29)13-16-6-8-17(9-7-16)26(31)32/h4-12,21,28H,13H2,1-3H3,(H,31,32)/b22-20-. The summed E-state index contributed by atoms with van der Waals surface area (Å²) in [5.41, 5.74) is 2.54. The molecule has 1 atom stereocenters. The summed E-state index contributed by atoms with van der Waals surface area (Å²) >= 11 is 0. The Balaban J connectivity index is 1.84. The Hall–Kier alpha value is -4.33. The van der Waals surface area contributed by atoms with Crippen LogP contribution in [-0.4, -0.2) is 39.9 Å². The number of amides is 1. The predicted octanol–water partition coefficient (Wildman–Crippen LogP) is 4.23. The summed E-state index contributed by atoms with van der Waals surface area (Å²) in [7, 11) is 1.47. The molecule has 1 unspecified atom stereocenters. The van der Waals surface area contributed by atoms with Crippen LogP contribution < -0.4 is 4.74 Å². The normalized spacial score (nSPS) is 17.3. The van der Waals surface area contributed by atoms with Crippen molar-refractivity contribution < 1.29 is 33.8 Å². The molecule has 0 saturated carbocycles. The van der Waals surface area contributed by atoms with Gasteiger partial charge in [0.2, 0.25) is 0 Å². The lowest BCUT2D eigenvalue weighted by Gasteiger charge is -2.23. The summed E-state index contributed by atoms with van der Waals surface area (Å²) in [6, 6.07) is 11.9. The third-order valence-corrected chi connectivity index (χ3v) is 5.78. The molecule has 1 aromatic heterocycles. The largest absolute Gasteiger partial charge is 0.507 e. The van der Waals surface area contributed by atoms with Crippen molar-refractivity contribution in [2.24, 2.45) is 0 Å². The molecule has 4 rings (SSSR count). The Labute approximate surface area is 195 Å². The number of aryl methyl sites for hydroxylation is 2. The highest BCUT2D eigenvalue weighted by Crippen LogP contribution is 2.42. The number of carbonyl (C=O) groups is 3. The molecular weight excluding hydrogens is 438 g/mol. The van der Waals surface area contributed by atoms with E-state index in [0.29, 0.717) is 22.6 Å². The highest BCUT2D eigenvalue weighted by molar-refractivity contribution is 6.46. The van der Waals surface area contributed by atoms with Gasteiger partial charge in [0.15, 0.2) is 0 Å². The first kappa shape index (κ1) is 22.8. The fourth-order valence-corrected chi connectivity index (χ4v) is 4.28. The fraction of sp³-hybridized carbons (Fsp3) is 0.192. The molecule has 1 fully saturated rings. The molecule has 1 saturated heterocycles. The molecule has 174 valence electrons. The molecule has 8 heteroatoms. The number of carboxylic acid groups (broad SMARTS) is 1. The number of ketones is 1. The second-order valence-corrected chi connectivity index (χ2v) is 8.11. The minimum Gasteiger partial charge on any atom is -0.507 e. The lowest BCUT2D eigenvalue weighted by atomic mass is 9.96. The Morgan fingerprint density at radius 2 is 1.79 bits per heavy atom. The van der Waals surface area contributed by atoms with Crippen molar-refractivity contribution in [2.75, 3.05) is 7.11 Å². The number of furan rings is 1. The van der Waals surface area contributed by atoms with Crippen molar-refractivity contribution >= 4 is 23.4 Å². The van der Waals surface area contributed by atoms with Crippen molar-refractivity contribution in [3.63, 3.8) is 0 Å². The van der Waals surface area contributed by atoms with Gasteiger partial charge in [0.25, 0.3) is 11.7 Å². The van der Waals surface area contributed by atoms with Gasteiger partial charge in [-0.2, -0.15) is 0 Å². The van der Waals surface area contributed by atoms with Crippen LogP contribution in [0.3, 0.4) is 0 Å². The number of aliphatic hydroxyl groups is 1. The number of carbonyl (C=O) groups excluding carboxylic acids is 2. The van der Waals surface area contributed by atoms with Crippen LogP contribution in [0.2, 0.25) is 0 Å². The minimum atomic E-state index is -1.06. The Morgan fingerprint density at radius 1 is 1.09 bits per heavy atom. The van der Waals surface area contributed by atoms with E-state index in [1.54, 1.807) is 30.3 Å². The lowest BCUT2D eigenvalue weighted by Crippen LogP contribution is -2.29. The second kappa shape index (κ2) is 8.90. The zero-order valence-electron chi connectivity index (χ0n) is 18.9. The number of benzene rings is 2. The first-order valence-corrected chi connectivity index (χ1v) is 10.5. The van der Waals surface area contributed by atoms with Gasteiger partial charge in [-0.25, -0.2) is 4.79 Å². The lowest BCUT2D eigenvalue weighted by molar-refractivity contribution is -0.140. The Bertz CT molecular complexity index is 1300. The molecular formula is C26H23NO7. The highest BCUT2D eigenvalue weighted by Gasteiger charge is 2.47. The van der Waals surface area contributed by atoms with Crippen molar-refractivity contribution in [1.29, 1.82) is 0 Å². The van der Waals surface area contributed by atoms with Crippen molar-refractivity contribution in [2.45, 2.75) is 26.4 Å². The Morgan fingerprint density at radius 3 is 2.38 bits per heavy atom. The number of carboxylic acids is 1. The smallest absolute Gasteiger partial charge is 0.335 e. The molecule has 2 N–H and O–H groups in total. The van der Waals surface area contributed by atoms with E-state index >= 15 is 0 Å². The highest BCUT2D eigenvalue weighted by atomic mass is 16.5. The van der Waals surface area contributed by atoms with E-state index in [-0.39, 0.29) is 23.4 Å². The summed E-state index contributed by atoms with van der Waals surface area (Å²) in [5, 5.41) is 20.4. The summed E-state index contributed by atoms with van der Waals surface area (Å²) < 4.78 is 11.0. The molecule has 1 aliphatic heterocycles. The van der Waals surface area contributed by atoms with Crippen LogP contribution in [0.4, 0.5) is 0 Å². The van der Waals surface area contributed by atoms with Crippen LogP contribution in [0.15, 0.2) is 64.8 Å². The minimum absolute atomic E-state index is 0.0105. The van der Waals surface area contributed by atoms with Crippen LogP contribution in [0, 0.1) is 13.8 Å². The second-order valence-electron chi connectivity index (χ2n) is 8.11. The van der Waals surface area contributed by atoms with Crippen molar-refractivity contribution in [3.8, 4) is 5.75 Å². The maximum atomic E-state index is 13.2. The van der Waals surface area contributed by atoms with Gasteiger partial charge in [0, 0.05) is 6.54 Å². The molecule has 1 aliphatic rings. The van der Waals surface area contributed by atoms with E-state index in [0.717, 1.165) is 11.1 Å². The SMILES string of the molecule is COc1c(C)cc(C)cc1/C(O)=C1/C(=O)C(=O)N(Cc2ccc(C(=O)O)cc2)C1c1ccco1. The maximum Gasteiger partial charge on any atom is 0.335 e. The van der Waals surface area contributed by atoms with Crippen molar-refractivity contribution in [1.82, 2.24) is 4.90 Å². The van der Waals surface area contributed by atoms with Gasteiger partial charge >= 0.3 is 5.97 Å². The van der Waals surface area contributed by atoms with Gasteiger partial charge in [-0.1, -0.05) is 18.2 Å². The first-order valence-electron chi connectivity index (χ1n) is 10.5. The molecule has 0 spiro atoms. The number of nitrogens with zero attached hydrogens (tertiary/aromatic N) is 1. The van der Waals surface area contributed by atoms with Crippen molar-refractivity contribution in [3.05, 3.63) is 93.9 Å². The van der Waals surface area contributed by atoms with Crippen LogP contribution in [0.1, 0.15) is 44.4 Å². The summed E-state index contributed by atoms with van der Waals surface area (Å²) in [5.74, 6) is -2.35. The number of hydrogen-bond donors (Lipinski definition) is 2. The maximum absolute atomic E-state index is 13.2. The summed E-state index contributed by atoms with van der Waals surface area (Å²) in [6.45, 7) is 3.69. The van der Waals surface area contributed by atoms with E-state index in [9.17, 15) is 19.5 Å². The van der Waals surface area contributed by atoms with Crippen LogP contribution in [0.5, 0.6) is 5.75 Å². The molecule has 34 heavy (non-hydrogen) atoms. The topological polar surface area (TPSA) is 117 Å². The molecule has 0 aliphatic carbocycles. The number of hydrogen-bond acceptors (Lipinski definition) is 6. The van der Waals surface area contributed by atoms with Crippen LogP contribution >= 0.6 is 0 Å². The molecule has 8 nitrogen and oxygen atoms in total. The zero-order chi connectivity index (χ0) is 24.6. The van der Waals surface area contributed by atoms with E-state index in [1.807, 2.05) is 19.9 Å². The monoisotopic (exact) mass is 461 g/mol. The molecule has 0 bridgehead atoms. The van der Waals surface area contributed by atoms with Crippen LogP contribution in [-0.2, 0) is 16.1 Å². The van der Waals surface area contributed by atoms with Gasteiger partial charge in [-0.3, -0.25) is 9.59 Å². The Kier molecular flexibility index (Phi) is 5.98. The molecule has 1 amide bonds. The fourth-order valence-electron chi connectivity index (χ4n) is 4.28. The third kappa shape index (κ3) is 3.94. The number of Topliss-reactive ketones (excluding diaryl/α,β-unsaturated/α-hetero) is 1. The number of aromatic carboxylic acids is 1. The first-order chi connectivity index (χ1) is 16.2. The molecule has 3 aromatic rings. The molecule has 0 radical (unpaired) electrons. The average molecular weight is 461 g/mol. The summed E-state index contributed by atoms with van der Waals surface area (Å²) in [6.07, 6.45) is 1.43. The van der Waals surface area contributed by atoms with E-state index < -0.39 is 23.7 Å². The quantitative estimate of drug-likeness (QED) is 0.321. The van der Waals surface area contributed by atoms with Gasteiger partial charge in [-0.05, 0) is 60.9 Å².